The number of aromatic nitrogens is 1. The van der Waals surface area contributed by atoms with E-state index in [0.717, 1.165) is 11.4 Å². The Morgan fingerprint density at radius 1 is 1.22 bits per heavy atom. The third-order valence-corrected chi connectivity index (χ3v) is 4.08. The number of para-hydroxylation sites is 1. The van der Waals surface area contributed by atoms with Crippen LogP contribution in [0.1, 0.15) is 16.8 Å². The van der Waals surface area contributed by atoms with Crippen molar-refractivity contribution in [3.8, 4) is 5.69 Å². The lowest BCUT2D eigenvalue weighted by molar-refractivity contribution is -0.142. The standard InChI is InChI=1S/C17H20N2O3S/c1-22-17(21)14(9-12-23-2)18-16(20)13-7-3-4-8-15(13)19-10-5-6-11-19/h3-8,10-11,14H,9,12H2,1-2H3,(H,18,20)/t14-/m1/s1. The van der Waals surface area contributed by atoms with Crippen LogP contribution in [0, 0.1) is 0 Å². The van der Waals surface area contributed by atoms with Gasteiger partial charge in [-0.1, -0.05) is 12.1 Å². The Bertz CT molecular complexity index is 656. The number of thioether (sulfide) groups is 1. The van der Waals surface area contributed by atoms with Gasteiger partial charge in [-0.3, -0.25) is 4.79 Å². The topological polar surface area (TPSA) is 60.3 Å². The Morgan fingerprint density at radius 3 is 2.57 bits per heavy atom. The molecule has 0 saturated heterocycles. The number of carbonyl (C=O) groups excluding carboxylic acids is 2. The number of hydrogen-bond donors (Lipinski definition) is 1. The van der Waals surface area contributed by atoms with E-state index in [0.29, 0.717) is 12.0 Å². The number of carbonyl (C=O) groups is 2. The van der Waals surface area contributed by atoms with Gasteiger partial charge in [0, 0.05) is 12.4 Å². The second-order valence-corrected chi connectivity index (χ2v) is 5.92. The average Bonchev–Trinajstić information content (AvgIpc) is 3.12. The maximum Gasteiger partial charge on any atom is 0.328 e. The molecule has 5 nitrogen and oxygen atoms in total. The van der Waals surface area contributed by atoms with Crippen LogP contribution in [0.4, 0.5) is 0 Å². The molecule has 0 fully saturated rings. The fourth-order valence-electron chi connectivity index (χ4n) is 2.25. The van der Waals surface area contributed by atoms with Gasteiger partial charge in [0.25, 0.3) is 5.91 Å². The van der Waals surface area contributed by atoms with Crippen LogP contribution in [-0.4, -0.2) is 41.6 Å². The summed E-state index contributed by atoms with van der Waals surface area (Å²) in [6, 6.07) is 10.4. The van der Waals surface area contributed by atoms with Crippen LogP contribution in [0.3, 0.4) is 0 Å². The molecule has 1 aromatic carbocycles. The molecule has 0 radical (unpaired) electrons. The van der Waals surface area contributed by atoms with Gasteiger partial charge in [-0.15, -0.1) is 0 Å². The molecule has 1 atom stereocenters. The molecule has 0 aliphatic carbocycles. The Morgan fingerprint density at radius 2 is 1.91 bits per heavy atom. The monoisotopic (exact) mass is 332 g/mol. The molecule has 0 bridgehead atoms. The first-order valence-corrected chi connectivity index (χ1v) is 8.66. The van der Waals surface area contributed by atoms with E-state index < -0.39 is 12.0 Å². The minimum Gasteiger partial charge on any atom is -0.467 e. The van der Waals surface area contributed by atoms with Crippen molar-refractivity contribution in [2.75, 3.05) is 19.1 Å². The maximum atomic E-state index is 12.6. The van der Waals surface area contributed by atoms with E-state index in [1.54, 1.807) is 23.9 Å². The highest BCUT2D eigenvalue weighted by molar-refractivity contribution is 7.98. The summed E-state index contributed by atoms with van der Waals surface area (Å²) in [5.74, 6) is 0.0518. The minimum atomic E-state index is -0.641. The van der Waals surface area contributed by atoms with Crippen molar-refractivity contribution in [3.05, 3.63) is 54.4 Å². The first-order chi connectivity index (χ1) is 11.2. The number of ether oxygens (including phenoxy) is 1. The summed E-state index contributed by atoms with van der Waals surface area (Å²) >= 11 is 1.62. The number of nitrogens with zero attached hydrogens (tertiary/aromatic N) is 1. The first-order valence-electron chi connectivity index (χ1n) is 7.27. The molecular weight excluding hydrogens is 312 g/mol. The van der Waals surface area contributed by atoms with E-state index in [1.165, 1.54) is 7.11 Å². The van der Waals surface area contributed by atoms with Crippen molar-refractivity contribution in [3.63, 3.8) is 0 Å². The normalized spacial score (nSPS) is 11.7. The van der Waals surface area contributed by atoms with E-state index in [4.69, 9.17) is 4.74 Å². The lowest BCUT2D eigenvalue weighted by atomic mass is 10.1. The highest BCUT2D eigenvalue weighted by Crippen LogP contribution is 2.15. The van der Waals surface area contributed by atoms with Gasteiger partial charge < -0.3 is 14.6 Å². The van der Waals surface area contributed by atoms with Crippen LogP contribution in [0.25, 0.3) is 5.69 Å². The number of benzene rings is 1. The quantitative estimate of drug-likeness (QED) is 0.792. The zero-order chi connectivity index (χ0) is 16.7. The Labute approximate surface area is 140 Å². The molecule has 0 unspecified atom stereocenters. The molecule has 6 heteroatoms. The van der Waals surface area contributed by atoms with Crippen LogP contribution in [0.5, 0.6) is 0 Å². The summed E-state index contributed by atoms with van der Waals surface area (Å²) in [7, 11) is 1.33. The first kappa shape index (κ1) is 17.1. The number of rotatable bonds is 7. The maximum absolute atomic E-state index is 12.6. The molecular formula is C17H20N2O3S. The van der Waals surface area contributed by atoms with E-state index in [9.17, 15) is 9.59 Å². The molecule has 1 N–H and O–H groups in total. The van der Waals surface area contributed by atoms with Gasteiger partial charge in [-0.2, -0.15) is 11.8 Å². The lowest BCUT2D eigenvalue weighted by Crippen LogP contribution is -2.42. The third-order valence-electron chi connectivity index (χ3n) is 3.43. The second kappa shape index (κ2) is 8.43. The van der Waals surface area contributed by atoms with Gasteiger partial charge in [-0.25, -0.2) is 4.79 Å². The minimum absolute atomic E-state index is 0.286. The third kappa shape index (κ3) is 4.39. The number of esters is 1. The molecule has 1 heterocycles. The summed E-state index contributed by atoms with van der Waals surface area (Å²) in [6.07, 6.45) is 6.23. The zero-order valence-electron chi connectivity index (χ0n) is 13.2. The Balaban J connectivity index is 2.21. The predicted molar refractivity (Wildman–Crippen MR) is 92.0 cm³/mol. The summed E-state index contributed by atoms with van der Waals surface area (Å²) < 4.78 is 6.65. The van der Waals surface area contributed by atoms with E-state index >= 15 is 0 Å². The van der Waals surface area contributed by atoms with Gasteiger partial charge in [0.15, 0.2) is 0 Å². The molecule has 122 valence electrons. The molecule has 23 heavy (non-hydrogen) atoms. The molecule has 0 aliphatic heterocycles. The fourth-order valence-corrected chi connectivity index (χ4v) is 2.72. The molecule has 1 amide bonds. The molecule has 0 saturated carbocycles. The molecule has 0 aliphatic rings. The van der Waals surface area contributed by atoms with Crippen LogP contribution in [0.2, 0.25) is 0 Å². The van der Waals surface area contributed by atoms with Crippen molar-refractivity contribution in [2.24, 2.45) is 0 Å². The highest BCUT2D eigenvalue weighted by Gasteiger charge is 2.23. The molecule has 2 aromatic rings. The van der Waals surface area contributed by atoms with Crippen molar-refractivity contribution >= 4 is 23.6 Å². The van der Waals surface area contributed by atoms with Crippen LogP contribution < -0.4 is 5.32 Å². The Hall–Kier alpha value is -2.21. The molecule has 2 rings (SSSR count). The zero-order valence-corrected chi connectivity index (χ0v) is 14.0. The largest absolute Gasteiger partial charge is 0.467 e. The van der Waals surface area contributed by atoms with Gasteiger partial charge in [0.05, 0.1) is 18.4 Å². The van der Waals surface area contributed by atoms with Crippen molar-refractivity contribution in [2.45, 2.75) is 12.5 Å². The summed E-state index contributed by atoms with van der Waals surface area (Å²) in [6.45, 7) is 0. The van der Waals surface area contributed by atoms with Crippen LogP contribution >= 0.6 is 11.8 Å². The Kier molecular flexibility index (Phi) is 6.29. The lowest BCUT2D eigenvalue weighted by Gasteiger charge is -2.17. The van der Waals surface area contributed by atoms with Crippen molar-refractivity contribution in [1.29, 1.82) is 0 Å². The SMILES string of the molecule is COC(=O)[C@@H](CCSC)NC(=O)c1ccccc1-n1cccc1. The fraction of sp³-hybridized carbons (Fsp3) is 0.294. The average molecular weight is 332 g/mol. The summed E-state index contributed by atoms with van der Waals surface area (Å²) in [5.41, 5.74) is 1.28. The molecule has 1 aromatic heterocycles. The summed E-state index contributed by atoms with van der Waals surface area (Å²) in [5, 5.41) is 2.78. The van der Waals surface area contributed by atoms with E-state index in [1.807, 2.05) is 47.5 Å². The van der Waals surface area contributed by atoms with Gasteiger partial charge in [0.2, 0.25) is 0 Å². The smallest absolute Gasteiger partial charge is 0.328 e. The molecule has 0 spiro atoms. The van der Waals surface area contributed by atoms with Gasteiger partial charge in [0.1, 0.15) is 6.04 Å². The predicted octanol–water partition coefficient (Wildman–Crippen LogP) is 2.50. The van der Waals surface area contributed by atoms with E-state index in [2.05, 4.69) is 5.32 Å². The van der Waals surface area contributed by atoms with Crippen LogP contribution in [-0.2, 0) is 9.53 Å². The van der Waals surface area contributed by atoms with E-state index in [-0.39, 0.29) is 5.91 Å². The van der Waals surface area contributed by atoms with Crippen molar-refractivity contribution in [1.82, 2.24) is 9.88 Å². The van der Waals surface area contributed by atoms with Crippen LogP contribution in [0.15, 0.2) is 48.8 Å². The number of hydrogen-bond acceptors (Lipinski definition) is 4. The number of amides is 1. The number of nitrogens with one attached hydrogen (secondary N) is 1. The summed E-state index contributed by atoms with van der Waals surface area (Å²) in [4.78, 5) is 24.5. The second-order valence-electron chi connectivity index (χ2n) is 4.94. The van der Waals surface area contributed by atoms with Crippen molar-refractivity contribution < 1.29 is 14.3 Å². The van der Waals surface area contributed by atoms with Gasteiger partial charge in [-0.05, 0) is 42.7 Å². The highest BCUT2D eigenvalue weighted by atomic mass is 32.2. The van der Waals surface area contributed by atoms with Gasteiger partial charge >= 0.3 is 5.97 Å². The number of methoxy groups -OCH3 is 1.